The Balaban J connectivity index is 2.10. The molecule has 106 valence electrons. The van der Waals surface area contributed by atoms with Crippen molar-refractivity contribution in [1.29, 1.82) is 0 Å². The summed E-state index contributed by atoms with van der Waals surface area (Å²) in [5.74, 6) is 0. The minimum absolute atomic E-state index is 0.0168. The largest absolute Gasteiger partial charge is 0.377 e. The number of nitrogens with two attached hydrogens (primary N) is 1. The van der Waals surface area contributed by atoms with E-state index in [9.17, 15) is 8.42 Å². The first kappa shape index (κ1) is 14.5. The Morgan fingerprint density at radius 2 is 2.05 bits per heavy atom. The molecule has 1 fully saturated rings. The molecular weight excluding hydrogens is 264 g/mol. The fraction of sp³-hybridized carbons (Fsp3) is 0.538. The Kier molecular flexibility index (Phi) is 4.57. The average molecular weight is 284 g/mol. The first-order valence-corrected chi connectivity index (χ1v) is 7.85. The highest BCUT2D eigenvalue weighted by molar-refractivity contribution is 7.89. The lowest BCUT2D eigenvalue weighted by Crippen LogP contribution is -2.34. The van der Waals surface area contributed by atoms with Crippen LogP contribution >= 0.6 is 0 Å². The molecule has 1 aromatic carbocycles. The van der Waals surface area contributed by atoms with Gasteiger partial charge in [0, 0.05) is 26.7 Å². The van der Waals surface area contributed by atoms with E-state index >= 15 is 0 Å². The number of hydrogen-bond acceptors (Lipinski definition) is 4. The lowest BCUT2D eigenvalue weighted by atomic mass is 10.2. The summed E-state index contributed by atoms with van der Waals surface area (Å²) in [4.78, 5) is 0.296. The highest BCUT2D eigenvalue weighted by Crippen LogP contribution is 2.19. The molecular formula is C13H20N2O3S. The molecule has 0 aromatic heterocycles. The van der Waals surface area contributed by atoms with E-state index in [1.54, 1.807) is 31.3 Å². The summed E-state index contributed by atoms with van der Waals surface area (Å²) in [6.07, 6.45) is 1.94. The van der Waals surface area contributed by atoms with Gasteiger partial charge in [-0.1, -0.05) is 12.1 Å². The van der Waals surface area contributed by atoms with Crippen molar-refractivity contribution in [3.63, 3.8) is 0 Å². The van der Waals surface area contributed by atoms with Gasteiger partial charge in [-0.2, -0.15) is 4.31 Å². The monoisotopic (exact) mass is 284 g/mol. The number of rotatable bonds is 5. The van der Waals surface area contributed by atoms with Crippen molar-refractivity contribution in [2.45, 2.75) is 30.4 Å². The maximum atomic E-state index is 12.4. The Labute approximate surface area is 114 Å². The summed E-state index contributed by atoms with van der Waals surface area (Å²) < 4.78 is 31.5. The molecule has 0 saturated carbocycles. The number of hydrogen-bond donors (Lipinski definition) is 1. The van der Waals surface area contributed by atoms with Gasteiger partial charge in [0.05, 0.1) is 11.0 Å². The molecule has 5 nitrogen and oxygen atoms in total. The van der Waals surface area contributed by atoms with Crippen molar-refractivity contribution in [3.8, 4) is 0 Å². The second-order valence-corrected chi connectivity index (χ2v) is 6.81. The lowest BCUT2D eigenvalue weighted by molar-refractivity contribution is 0.0979. The fourth-order valence-corrected chi connectivity index (χ4v) is 3.35. The van der Waals surface area contributed by atoms with Crippen LogP contribution < -0.4 is 5.73 Å². The standard InChI is InChI=1S/C13H20N2O3S/c1-15(10-12-3-2-8-18-12)19(16,17)13-6-4-11(9-14)5-7-13/h4-7,12H,2-3,8-10,14H2,1H3. The van der Waals surface area contributed by atoms with Crippen molar-refractivity contribution in [1.82, 2.24) is 4.31 Å². The third-order valence-electron chi connectivity index (χ3n) is 3.35. The number of likely N-dealkylation sites (N-methyl/N-ethyl adjacent to an activating group) is 1. The molecule has 0 spiro atoms. The van der Waals surface area contributed by atoms with Gasteiger partial charge >= 0.3 is 0 Å². The van der Waals surface area contributed by atoms with Crippen LogP contribution in [0.15, 0.2) is 29.2 Å². The maximum Gasteiger partial charge on any atom is 0.242 e. The molecule has 2 N–H and O–H groups in total. The van der Waals surface area contributed by atoms with Crippen molar-refractivity contribution in [3.05, 3.63) is 29.8 Å². The van der Waals surface area contributed by atoms with Gasteiger partial charge in [-0.25, -0.2) is 8.42 Å². The van der Waals surface area contributed by atoms with Crippen LogP contribution in [0.25, 0.3) is 0 Å². The van der Waals surface area contributed by atoms with Crippen LogP contribution in [0.5, 0.6) is 0 Å². The second-order valence-electron chi connectivity index (χ2n) is 4.77. The highest BCUT2D eigenvalue weighted by atomic mass is 32.2. The zero-order chi connectivity index (χ0) is 13.9. The summed E-state index contributed by atoms with van der Waals surface area (Å²) >= 11 is 0. The minimum atomic E-state index is -3.44. The average Bonchev–Trinajstić information content (AvgIpc) is 2.91. The van der Waals surface area contributed by atoms with E-state index in [0.29, 0.717) is 18.0 Å². The SMILES string of the molecule is CN(CC1CCCO1)S(=O)(=O)c1ccc(CN)cc1. The van der Waals surface area contributed by atoms with Gasteiger partial charge in [0.15, 0.2) is 0 Å². The Bertz CT molecular complexity index is 507. The molecule has 1 aliphatic rings. The van der Waals surface area contributed by atoms with Crippen LogP contribution in [0.3, 0.4) is 0 Å². The summed E-state index contributed by atoms with van der Waals surface area (Å²) in [6, 6.07) is 6.69. The Morgan fingerprint density at radius 1 is 1.37 bits per heavy atom. The van der Waals surface area contributed by atoms with Crippen LogP contribution in [0.2, 0.25) is 0 Å². The zero-order valence-corrected chi connectivity index (χ0v) is 11.9. The van der Waals surface area contributed by atoms with E-state index in [1.807, 2.05) is 0 Å². The fourth-order valence-electron chi connectivity index (χ4n) is 2.15. The van der Waals surface area contributed by atoms with Crippen LogP contribution in [0.4, 0.5) is 0 Å². The molecule has 1 heterocycles. The topological polar surface area (TPSA) is 72.6 Å². The summed E-state index contributed by atoms with van der Waals surface area (Å²) in [5, 5.41) is 0. The third-order valence-corrected chi connectivity index (χ3v) is 5.19. The van der Waals surface area contributed by atoms with Crippen LogP contribution in [-0.2, 0) is 21.3 Å². The quantitative estimate of drug-likeness (QED) is 0.873. The van der Waals surface area contributed by atoms with Crippen molar-refractivity contribution >= 4 is 10.0 Å². The van der Waals surface area contributed by atoms with Crippen LogP contribution in [0, 0.1) is 0 Å². The molecule has 0 aliphatic carbocycles. The molecule has 1 unspecified atom stereocenters. The maximum absolute atomic E-state index is 12.4. The third kappa shape index (κ3) is 3.33. The van der Waals surface area contributed by atoms with E-state index in [2.05, 4.69) is 0 Å². The normalized spacial score (nSPS) is 20.1. The lowest BCUT2D eigenvalue weighted by Gasteiger charge is -2.20. The van der Waals surface area contributed by atoms with Crippen LogP contribution in [0.1, 0.15) is 18.4 Å². The first-order valence-electron chi connectivity index (χ1n) is 6.41. The Hall–Kier alpha value is -0.950. The summed E-state index contributed by atoms with van der Waals surface area (Å²) in [6.45, 7) is 1.54. The van der Waals surface area contributed by atoms with Gasteiger partial charge in [-0.05, 0) is 30.5 Å². The minimum Gasteiger partial charge on any atom is -0.377 e. The first-order chi connectivity index (χ1) is 9.04. The predicted molar refractivity (Wildman–Crippen MR) is 73.1 cm³/mol. The number of nitrogens with zero attached hydrogens (tertiary/aromatic N) is 1. The van der Waals surface area contributed by atoms with Gasteiger partial charge in [0.2, 0.25) is 10.0 Å². The predicted octanol–water partition coefficient (Wildman–Crippen LogP) is 0.945. The molecule has 1 saturated heterocycles. The van der Waals surface area contributed by atoms with Crippen molar-refractivity contribution < 1.29 is 13.2 Å². The van der Waals surface area contributed by atoms with Gasteiger partial charge in [0.1, 0.15) is 0 Å². The molecule has 0 bridgehead atoms. The zero-order valence-electron chi connectivity index (χ0n) is 11.1. The van der Waals surface area contributed by atoms with Gasteiger partial charge in [-0.15, -0.1) is 0 Å². The van der Waals surface area contributed by atoms with E-state index in [4.69, 9.17) is 10.5 Å². The number of benzene rings is 1. The second kappa shape index (κ2) is 6.00. The molecule has 2 rings (SSSR count). The number of sulfonamides is 1. The molecule has 19 heavy (non-hydrogen) atoms. The van der Waals surface area contributed by atoms with Crippen LogP contribution in [-0.4, -0.2) is 39.0 Å². The Morgan fingerprint density at radius 3 is 2.58 bits per heavy atom. The smallest absolute Gasteiger partial charge is 0.242 e. The highest BCUT2D eigenvalue weighted by Gasteiger charge is 2.25. The van der Waals surface area contributed by atoms with Crippen molar-refractivity contribution in [2.75, 3.05) is 20.2 Å². The molecule has 1 aliphatic heterocycles. The van der Waals surface area contributed by atoms with E-state index in [0.717, 1.165) is 25.0 Å². The molecule has 0 amide bonds. The van der Waals surface area contributed by atoms with E-state index in [1.165, 1.54) is 4.31 Å². The molecule has 1 atom stereocenters. The summed E-state index contributed by atoms with van der Waals surface area (Å²) in [5.41, 5.74) is 6.42. The summed E-state index contributed by atoms with van der Waals surface area (Å²) in [7, 11) is -1.85. The van der Waals surface area contributed by atoms with Crippen molar-refractivity contribution in [2.24, 2.45) is 5.73 Å². The molecule has 1 aromatic rings. The number of ether oxygens (including phenoxy) is 1. The van der Waals surface area contributed by atoms with Gasteiger partial charge in [-0.3, -0.25) is 0 Å². The van der Waals surface area contributed by atoms with E-state index < -0.39 is 10.0 Å². The van der Waals surface area contributed by atoms with Gasteiger partial charge < -0.3 is 10.5 Å². The van der Waals surface area contributed by atoms with Gasteiger partial charge in [0.25, 0.3) is 0 Å². The van der Waals surface area contributed by atoms with E-state index in [-0.39, 0.29) is 6.10 Å². The molecule has 0 radical (unpaired) electrons. The molecule has 6 heteroatoms.